The van der Waals surface area contributed by atoms with Crippen molar-refractivity contribution in [1.82, 2.24) is 20.6 Å². The number of carbonyl (C=O) groups is 2. The molecular weight excluding hydrogens is 320 g/mol. The van der Waals surface area contributed by atoms with Gasteiger partial charge in [-0.3, -0.25) is 4.79 Å². The van der Waals surface area contributed by atoms with Crippen LogP contribution in [0.25, 0.3) is 0 Å². The molecule has 0 radical (unpaired) electrons. The summed E-state index contributed by atoms with van der Waals surface area (Å²) in [6, 6.07) is 8.09. The number of tetrazole rings is 1. The number of aromatic amines is 1. The number of carbonyl (C=O) groups excluding carboxylic acids is 2. The summed E-state index contributed by atoms with van der Waals surface area (Å²) in [6.45, 7) is 1.73. The maximum absolute atomic E-state index is 12.8. The predicted octanol–water partition coefficient (Wildman–Crippen LogP) is 0.840. The topological polar surface area (TPSA) is 123 Å². The Kier molecular flexibility index (Phi) is 5.32. The Bertz CT molecular complexity index is 759. The number of nitrogens with one attached hydrogen (secondary N) is 1. The fourth-order valence-corrected chi connectivity index (χ4v) is 4.17. The molecule has 2 rings (SSSR count). The maximum atomic E-state index is 12.8. The molecule has 1 heterocycles. The quantitative estimate of drug-likeness (QED) is 0.559. The molecule has 2 atom stereocenters. The van der Waals surface area contributed by atoms with Crippen LogP contribution in [-0.4, -0.2) is 46.4 Å². The number of aldehydes is 1. The van der Waals surface area contributed by atoms with Gasteiger partial charge in [-0.15, -0.1) is 5.10 Å². The number of aromatic nitrogens is 4. The van der Waals surface area contributed by atoms with E-state index in [0.717, 1.165) is 0 Å². The summed E-state index contributed by atoms with van der Waals surface area (Å²) in [5, 5.41) is 10.3. The Morgan fingerprint density at radius 1 is 1.30 bits per heavy atom. The molecule has 2 aromatic rings. The third-order valence-corrected chi connectivity index (χ3v) is 5.53. The lowest BCUT2D eigenvalue weighted by Gasteiger charge is -2.22. The highest BCUT2D eigenvalue weighted by Crippen LogP contribution is 2.26. The molecule has 0 amide bonds. The molecule has 0 bridgehead atoms. The first-order chi connectivity index (χ1) is 11.0. The van der Waals surface area contributed by atoms with Crippen molar-refractivity contribution in [2.75, 3.05) is 0 Å². The first kappa shape index (κ1) is 16.9. The zero-order valence-electron chi connectivity index (χ0n) is 12.4. The fourth-order valence-electron chi connectivity index (χ4n) is 2.39. The molecule has 122 valence electrons. The van der Waals surface area contributed by atoms with Crippen molar-refractivity contribution in [2.45, 2.75) is 30.2 Å². The average Bonchev–Trinajstić information content (AvgIpc) is 3.10. The lowest BCUT2D eigenvalue weighted by atomic mass is 9.93. The molecule has 0 saturated carbocycles. The molecule has 8 nitrogen and oxygen atoms in total. The van der Waals surface area contributed by atoms with Crippen molar-refractivity contribution in [3.8, 4) is 0 Å². The number of hydrogen-bond acceptors (Lipinski definition) is 7. The minimum absolute atomic E-state index is 0.0448. The summed E-state index contributed by atoms with van der Waals surface area (Å²) in [6.07, 6.45) is 0.918. The zero-order valence-corrected chi connectivity index (χ0v) is 13.2. The summed E-state index contributed by atoms with van der Waals surface area (Å²) in [7, 11) is -4.16. The molecule has 1 N–H and O–H groups in total. The van der Waals surface area contributed by atoms with Crippen LogP contribution in [0.4, 0.5) is 0 Å². The largest absolute Gasteiger partial charge is 0.303 e. The zero-order chi connectivity index (χ0) is 16.9. The summed E-state index contributed by atoms with van der Waals surface area (Å²) >= 11 is 0. The van der Waals surface area contributed by atoms with E-state index in [-0.39, 0.29) is 12.0 Å². The Morgan fingerprint density at radius 2 is 2.00 bits per heavy atom. The van der Waals surface area contributed by atoms with Crippen molar-refractivity contribution < 1.29 is 18.0 Å². The highest BCUT2D eigenvalue weighted by atomic mass is 32.2. The van der Waals surface area contributed by atoms with E-state index < -0.39 is 31.9 Å². The fraction of sp³-hybridized carbons (Fsp3) is 0.357. The molecule has 1 aromatic heterocycles. The third-order valence-electron chi connectivity index (χ3n) is 3.58. The van der Waals surface area contributed by atoms with Gasteiger partial charge in [0.2, 0.25) is 9.84 Å². The van der Waals surface area contributed by atoms with Gasteiger partial charge in [0.15, 0.2) is 5.78 Å². The van der Waals surface area contributed by atoms with Crippen molar-refractivity contribution in [3.05, 3.63) is 35.9 Å². The number of hydrogen-bond donors (Lipinski definition) is 1. The standard InChI is InChI=1S/C14H16N4O4S/c1-2-10(8-9-19)13(12(20)11-6-4-3-5-7-11)23(21,22)14-15-17-18-16-14/h3-7,9-10,13H,2,8H2,1H3,(H,15,16,17,18). The molecule has 1 aromatic carbocycles. The summed E-state index contributed by atoms with van der Waals surface area (Å²) in [5.74, 6) is -1.24. The van der Waals surface area contributed by atoms with Crippen LogP contribution in [0.3, 0.4) is 0 Å². The second kappa shape index (κ2) is 7.23. The first-order valence-corrected chi connectivity index (χ1v) is 8.57. The molecule has 2 unspecified atom stereocenters. The van der Waals surface area contributed by atoms with Gasteiger partial charge in [-0.2, -0.15) is 5.21 Å². The van der Waals surface area contributed by atoms with Crippen LogP contribution in [0.2, 0.25) is 0 Å². The molecular formula is C14H16N4O4S. The summed E-state index contributed by atoms with van der Waals surface area (Å²) in [5.41, 5.74) is 0.258. The van der Waals surface area contributed by atoms with E-state index in [4.69, 9.17) is 0 Å². The van der Waals surface area contributed by atoms with Crippen LogP contribution >= 0.6 is 0 Å². The normalized spacial score (nSPS) is 14.1. The Labute approximate surface area is 133 Å². The van der Waals surface area contributed by atoms with E-state index in [1.807, 2.05) is 0 Å². The Hall–Kier alpha value is -2.42. The SMILES string of the molecule is CCC(CC=O)C(C(=O)c1ccccc1)S(=O)(=O)c1nn[nH]n1. The van der Waals surface area contributed by atoms with Gasteiger partial charge in [0.05, 0.1) is 0 Å². The predicted molar refractivity (Wildman–Crippen MR) is 80.4 cm³/mol. The number of H-pyrrole nitrogens is 1. The van der Waals surface area contributed by atoms with E-state index in [9.17, 15) is 18.0 Å². The second-order valence-electron chi connectivity index (χ2n) is 4.96. The number of sulfone groups is 1. The van der Waals surface area contributed by atoms with Gasteiger partial charge in [-0.1, -0.05) is 48.8 Å². The van der Waals surface area contributed by atoms with E-state index in [0.29, 0.717) is 12.7 Å². The third kappa shape index (κ3) is 3.50. The minimum Gasteiger partial charge on any atom is -0.303 e. The van der Waals surface area contributed by atoms with Crippen LogP contribution in [0.1, 0.15) is 30.1 Å². The van der Waals surface area contributed by atoms with Crippen molar-refractivity contribution in [2.24, 2.45) is 5.92 Å². The molecule has 0 saturated heterocycles. The van der Waals surface area contributed by atoms with E-state index in [2.05, 4.69) is 20.6 Å². The van der Waals surface area contributed by atoms with Crippen LogP contribution in [0, 0.1) is 5.92 Å². The molecule has 23 heavy (non-hydrogen) atoms. The smallest absolute Gasteiger partial charge is 0.288 e. The monoisotopic (exact) mass is 336 g/mol. The molecule has 9 heteroatoms. The molecule has 0 fully saturated rings. The lowest BCUT2D eigenvalue weighted by molar-refractivity contribution is -0.108. The number of Topliss-reactive ketones (excluding diaryl/α,β-unsaturated/α-hetero) is 1. The summed E-state index contributed by atoms with van der Waals surface area (Å²) < 4.78 is 25.5. The van der Waals surface area contributed by atoms with Crippen LogP contribution in [0.15, 0.2) is 35.5 Å². The average molecular weight is 336 g/mol. The Balaban J connectivity index is 2.52. The van der Waals surface area contributed by atoms with Gasteiger partial charge in [-0.25, -0.2) is 8.42 Å². The van der Waals surface area contributed by atoms with Crippen LogP contribution in [-0.2, 0) is 14.6 Å². The van der Waals surface area contributed by atoms with Crippen LogP contribution in [0.5, 0.6) is 0 Å². The van der Waals surface area contributed by atoms with Gasteiger partial charge in [-0.05, 0) is 11.1 Å². The van der Waals surface area contributed by atoms with Gasteiger partial charge >= 0.3 is 0 Å². The molecule has 0 aliphatic rings. The van der Waals surface area contributed by atoms with E-state index >= 15 is 0 Å². The summed E-state index contributed by atoms with van der Waals surface area (Å²) in [4.78, 5) is 23.7. The number of ketones is 1. The lowest BCUT2D eigenvalue weighted by Crippen LogP contribution is -2.38. The number of rotatable bonds is 8. The van der Waals surface area contributed by atoms with E-state index in [1.165, 1.54) is 12.1 Å². The van der Waals surface area contributed by atoms with Crippen molar-refractivity contribution in [3.63, 3.8) is 0 Å². The Morgan fingerprint density at radius 3 is 2.52 bits per heavy atom. The highest BCUT2D eigenvalue weighted by Gasteiger charge is 2.42. The highest BCUT2D eigenvalue weighted by molar-refractivity contribution is 7.92. The van der Waals surface area contributed by atoms with Crippen molar-refractivity contribution in [1.29, 1.82) is 0 Å². The second-order valence-corrected chi connectivity index (χ2v) is 6.92. The molecule has 0 aliphatic carbocycles. The maximum Gasteiger partial charge on any atom is 0.288 e. The van der Waals surface area contributed by atoms with Gasteiger partial charge in [0.1, 0.15) is 11.5 Å². The molecule has 0 spiro atoms. The van der Waals surface area contributed by atoms with Crippen LogP contribution < -0.4 is 0 Å². The first-order valence-electron chi connectivity index (χ1n) is 7.02. The van der Waals surface area contributed by atoms with E-state index in [1.54, 1.807) is 25.1 Å². The van der Waals surface area contributed by atoms with Crippen molar-refractivity contribution >= 4 is 21.9 Å². The van der Waals surface area contributed by atoms with Gasteiger partial charge < -0.3 is 4.79 Å². The molecule has 0 aliphatic heterocycles. The van der Waals surface area contributed by atoms with Gasteiger partial charge in [0, 0.05) is 12.0 Å². The van der Waals surface area contributed by atoms with Gasteiger partial charge in [0.25, 0.3) is 5.16 Å². The number of benzene rings is 1. The number of nitrogens with zero attached hydrogens (tertiary/aromatic N) is 3. The minimum atomic E-state index is -4.16.